The maximum atomic E-state index is 13.0. The fraction of sp³-hybridized carbons (Fsp3) is 0.214. The average Bonchev–Trinajstić information content (AvgIpc) is 2.40. The van der Waals surface area contributed by atoms with Gasteiger partial charge in [-0.1, -0.05) is 33.6 Å². The largest absolute Gasteiger partial charge is 0.416 e. The zero-order chi connectivity index (χ0) is 14.9. The summed E-state index contributed by atoms with van der Waals surface area (Å²) >= 11 is 3.24. The molecule has 20 heavy (non-hydrogen) atoms. The van der Waals surface area contributed by atoms with E-state index in [9.17, 15) is 18.3 Å². The molecule has 0 aliphatic carbocycles. The molecule has 0 saturated carbocycles. The summed E-state index contributed by atoms with van der Waals surface area (Å²) in [5.74, 6) is 0. The Morgan fingerprint density at radius 3 is 2.55 bits per heavy atom. The van der Waals surface area contributed by atoms with E-state index < -0.39 is 17.8 Å². The third-order valence-electron chi connectivity index (χ3n) is 2.90. The third kappa shape index (κ3) is 3.02. The topological polar surface area (TPSA) is 33.1 Å². The van der Waals surface area contributed by atoms with Crippen molar-refractivity contribution in [2.24, 2.45) is 0 Å². The highest BCUT2D eigenvalue weighted by molar-refractivity contribution is 9.10. The maximum Gasteiger partial charge on any atom is 0.416 e. The lowest BCUT2D eigenvalue weighted by molar-refractivity contribution is -0.139. The lowest BCUT2D eigenvalue weighted by Gasteiger charge is -2.18. The predicted molar refractivity (Wildman–Crippen MR) is 72.2 cm³/mol. The first-order valence-corrected chi connectivity index (χ1v) is 6.55. The molecule has 0 aliphatic rings. The van der Waals surface area contributed by atoms with Crippen LogP contribution in [0.2, 0.25) is 0 Å². The van der Waals surface area contributed by atoms with Crippen molar-refractivity contribution in [2.75, 3.05) is 0 Å². The summed E-state index contributed by atoms with van der Waals surface area (Å²) in [7, 11) is 0. The van der Waals surface area contributed by atoms with Gasteiger partial charge in [0, 0.05) is 22.4 Å². The van der Waals surface area contributed by atoms with Gasteiger partial charge in [0.1, 0.15) is 6.10 Å². The van der Waals surface area contributed by atoms with Crippen LogP contribution in [0.4, 0.5) is 13.2 Å². The highest BCUT2D eigenvalue weighted by Gasteiger charge is 2.35. The van der Waals surface area contributed by atoms with Crippen molar-refractivity contribution in [3.63, 3.8) is 0 Å². The van der Waals surface area contributed by atoms with Crippen molar-refractivity contribution < 1.29 is 18.3 Å². The molecule has 0 saturated heterocycles. The second-order valence-electron chi connectivity index (χ2n) is 4.39. The highest BCUT2D eigenvalue weighted by atomic mass is 79.9. The second kappa shape index (κ2) is 5.54. The van der Waals surface area contributed by atoms with Gasteiger partial charge in [-0.15, -0.1) is 0 Å². The molecule has 6 heteroatoms. The molecule has 0 amide bonds. The average molecular weight is 346 g/mol. The van der Waals surface area contributed by atoms with Crippen LogP contribution in [0.15, 0.2) is 41.1 Å². The van der Waals surface area contributed by atoms with Crippen molar-refractivity contribution in [2.45, 2.75) is 19.2 Å². The predicted octanol–water partition coefficient (Wildman–Crippen LogP) is 4.25. The SMILES string of the molecule is Cc1ccc(Br)c(C(O)c2cnccc2C(F)(F)F)c1. The molecule has 0 bridgehead atoms. The number of benzene rings is 1. The molecular formula is C14H11BrF3NO. The minimum absolute atomic E-state index is 0.258. The van der Waals surface area contributed by atoms with E-state index in [0.29, 0.717) is 10.0 Å². The number of rotatable bonds is 2. The van der Waals surface area contributed by atoms with Crippen LogP contribution in [0, 0.1) is 6.92 Å². The molecule has 1 heterocycles. The van der Waals surface area contributed by atoms with Crippen LogP contribution in [0.3, 0.4) is 0 Å². The standard InChI is InChI=1S/C14H11BrF3NO/c1-8-2-3-12(15)9(6-8)13(20)10-7-19-5-4-11(10)14(16,17)18/h2-7,13,20H,1H3. The molecule has 1 atom stereocenters. The third-order valence-corrected chi connectivity index (χ3v) is 3.62. The zero-order valence-electron chi connectivity index (χ0n) is 10.4. The number of aromatic nitrogens is 1. The molecule has 2 nitrogen and oxygen atoms in total. The normalized spacial score (nSPS) is 13.3. The van der Waals surface area contributed by atoms with E-state index in [1.807, 2.05) is 0 Å². The van der Waals surface area contributed by atoms with E-state index in [2.05, 4.69) is 20.9 Å². The first-order chi connectivity index (χ1) is 9.30. The van der Waals surface area contributed by atoms with Crippen LogP contribution in [0.25, 0.3) is 0 Å². The van der Waals surface area contributed by atoms with Gasteiger partial charge in [0.15, 0.2) is 0 Å². The van der Waals surface area contributed by atoms with E-state index in [4.69, 9.17) is 0 Å². The maximum absolute atomic E-state index is 13.0. The smallest absolute Gasteiger partial charge is 0.384 e. The minimum atomic E-state index is -4.53. The van der Waals surface area contributed by atoms with Crippen molar-refractivity contribution in [1.82, 2.24) is 4.98 Å². The fourth-order valence-corrected chi connectivity index (χ4v) is 2.39. The Balaban J connectivity index is 2.54. The van der Waals surface area contributed by atoms with E-state index in [0.717, 1.165) is 24.0 Å². The van der Waals surface area contributed by atoms with Gasteiger partial charge in [-0.3, -0.25) is 4.98 Å². The Labute approximate surface area is 122 Å². The number of alkyl halides is 3. The number of pyridine rings is 1. The molecule has 1 aromatic carbocycles. The summed E-state index contributed by atoms with van der Waals surface area (Å²) in [6.07, 6.45) is -3.82. The quantitative estimate of drug-likeness (QED) is 0.882. The van der Waals surface area contributed by atoms with E-state index in [1.165, 1.54) is 0 Å². The summed E-state index contributed by atoms with van der Waals surface area (Å²) in [6.45, 7) is 1.80. The Bertz CT molecular complexity index is 628. The van der Waals surface area contributed by atoms with Gasteiger partial charge in [-0.05, 0) is 24.6 Å². The number of aliphatic hydroxyl groups excluding tert-OH is 1. The first kappa shape index (κ1) is 15.0. The van der Waals surface area contributed by atoms with Crippen LogP contribution < -0.4 is 0 Å². The lowest BCUT2D eigenvalue weighted by Crippen LogP contribution is -2.13. The first-order valence-electron chi connectivity index (χ1n) is 5.76. The number of aryl methyl sites for hydroxylation is 1. The van der Waals surface area contributed by atoms with Crippen molar-refractivity contribution in [1.29, 1.82) is 0 Å². The summed E-state index contributed by atoms with van der Waals surface area (Å²) < 4.78 is 39.4. The fourth-order valence-electron chi connectivity index (χ4n) is 1.92. The molecule has 1 aromatic heterocycles. The molecule has 1 N–H and O–H groups in total. The number of halogens is 4. The monoisotopic (exact) mass is 345 g/mol. The lowest BCUT2D eigenvalue weighted by atomic mass is 9.97. The molecule has 0 aliphatic heterocycles. The highest BCUT2D eigenvalue weighted by Crippen LogP contribution is 2.37. The summed E-state index contributed by atoms with van der Waals surface area (Å²) in [4.78, 5) is 3.68. The second-order valence-corrected chi connectivity index (χ2v) is 5.24. The van der Waals surface area contributed by atoms with Crippen molar-refractivity contribution >= 4 is 15.9 Å². The summed E-state index contributed by atoms with van der Waals surface area (Å²) in [5.41, 5.74) is 0.0860. The molecule has 2 rings (SSSR count). The molecule has 0 fully saturated rings. The number of hydrogen-bond acceptors (Lipinski definition) is 2. The summed E-state index contributed by atoms with van der Waals surface area (Å²) in [6, 6.07) is 6.00. The van der Waals surface area contributed by atoms with Gasteiger partial charge in [0.05, 0.1) is 5.56 Å². The molecule has 1 unspecified atom stereocenters. The van der Waals surface area contributed by atoms with Crippen LogP contribution in [-0.2, 0) is 6.18 Å². The number of hydrogen-bond donors (Lipinski definition) is 1. The van der Waals surface area contributed by atoms with Crippen LogP contribution in [-0.4, -0.2) is 10.1 Å². The van der Waals surface area contributed by atoms with Crippen LogP contribution in [0.1, 0.15) is 28.4 Å². The van der Waals surface area contributed by atoms with Gasteiger partial charge >= 0.3 is 6.18 Å². The van der Waals surface area contributed by atoms with Gasteiger partial charge < -0.3 is 5.11 Å². The van der Waals surface area contributed by atoms with E-state index in [-0.39, 0.29) is 5.56 Å². The molecule has 0 spiro atoms. The minimum Gasteiger partial charge on any atom is -0.384 e. The van der Waals surface area contributed by atoms with Gasteiger partial charge in [0.25, 0.3) is 0 Å². The summed E-state index contributed by atoms with van der Waals surface area (Å²) in [5, 5.41) is 10.3. The number of nitrogens with zero attached hydrogens (tertiary/aromatic N) is 1. The molecular weight excluding hydrogens is 335 g/mol. The molecule has 106 valence electrons. The van der Waals surface area contributed by atoms with Crippen molar-refractivity contribution in [3.8, 4) is 0 Å². The van der Waals surface area contributed by atoms with Crippen LogP contribution in [0.5, 0.6) is 0 Å². The van der Waals surface area contributed by atoms with E-state index in [1.54, 1.807) is 25.1 Å². The Morgan fingerprint density at radius 2 is 1.90 bits per heavy atom. The molecule has 0 radical (unpaired) electrons. The number of aliphatic hydroxyl groups is 1. The Kier molecular flexibility index (Phi) is 4.15. The molecule has 2 aromatic rings. The van der Waals surface area contributed by atoms with Gasteiger partial charge in [-0.2, -0.15) is 13.2 Å². The van der Waals surface area contributed by atoms with Crippen LogP contribution >= 0.6 is 15.9 Å². The van der Waals surface area contributed by atoms with Crippen molar-refractivity contribution in [3.05, 3.63) is 63.4 Å². The zero-order valence-corrected chi connectivity index (χ0v) is 12.0. The Morgan fingerprint density at radius 1 is 1.20 bits per heavy atom. The van der Waals surface area contributed by atoms with Gasteiger partial charge in [0.2, 0.25) is 0 Å². The Hall–Kier alpha value is -1.40. The van der Waals surface area contributed by atoms with Gasteiger partial charge in [-0.25, -0.2) is 0 Å². The van der Waals surface area contributed by atoms with E-state index >= 15 is 0 Å².